The zero-order valence-electron chi connectivity index (χ0n) is 19.1. The first-order chi connectivity index (χ1) is 15.9. The highest BCUT2D eigenvalue weighted by molar-refractivity contribution is 7.89. The van der Waals surface area contributed by atoms with E-state index >= 15 is 0 Å². The van der Waals surface area contributed by atoms with Crippen molar-refractivity contribution in [3.8, 4) is 17.3 Å². The molecule has 2 aromatic heterocycles. The number of piperazine rings is 1. The van der Waals surface area contributed by atoms with E-state index in [1.54, 1.807) is 18.2 Å². The van der Waals surface area contributed by atoms with Crippen LogP contribution in [0, 0.1) is 6.92 Å². The minimum Gasteiger partial charge on any atom is -0.494 e. The normalized spacial score (nSPS) is 14.9. The summed E-state index contributed by atoms with van der Waals surface area (Å²) >= 11 is 0. The molecule has 0 spiro atoms. The van der Waals surface area contributed by atoms with Crippen LogP contribution in [0.15, 0.2) is 53.7 Å². The van der Waals surface area contributed by atoms with Crippen LogP contribution in [0.25, 0.3) is 5.82 Å². The van der Waals surface area contributed by atoms with Crippen LogP contribution >= 0.6 is 0 Å². The molecule has 9 nitrogen and oxygen atoms in total. The fourth-order valence-electron chi connectivity index (χ4n) is 3.84. The van der Waals surface area contributed by atoms with Gasteiger partial charge in [-0.25, -0.2) is 18.4 Å². The molecule has 1 saturated heterocycles. The summed E-state index contributed by atoms with van der Waals surface area (Å²) in [6.45, 7) is 8.11. The van der Waals surface area contributed by atoms with Gasteiger partial charge in [0, 0.05) is 50.7 Å². The first-order valence-corrected chi connectivity index (χ1v) is 12.5. The van der Waals surface area contributed by atoms with Crippen LogP contribution in [0.2, 0.25) is 0 Å². The molecule has 1 aliphatic heterocycles. The molecule has 176 valence electrons. The van der Waals surface area contributed by atoms with Crippen molar-refractivity contribution in [2.24, 2.45) is 0 Å². The molecule has 10 heteroatoms. The van der Waals surface area contributed by atoms with Crippen LogP contribution in [0.3, 0.4) is 0 Å². The molecular weight excluding hydrogens is 442 g/mol. The topological polar surface area (TPSA) is 89.8 Å². The second-order valence-electron chi connectivity index (χ2n) is 7.59. The third kappa shape index (κ3) is 4.96. The van der Waals surface area contributed by atoms with E-state index in [0.717, 1.165) is 11.6 Å². The van der Waals surface area contributed by atoms with E-state index in [2.05, 4.69) is 14.9 Å². The fraction of sp³-hybridized carbons (Fsp3) is 0.391. The highest BCUT2D eigenvalue weighted by Gasteiger charge is 2.32. The molecule has 0 radical (unpaired) electrons. The van der Waals surface area contributed by atoms with Crippen molar-refractivity contribution >= 4 is 15.8 Å². The number of hydrogen-bond acceptors (Lipinski definition) is 7. The summed E-state index contributed by atoms with van der Waals surface area (Å²) in [6, 6.07) is 10.7. The highest BCUT2D eigenvalue weighted by atomic mass is 32.2. The number of rotatable bonds is 8. The van der Waals surface area contributed by atoms with E-state index in [-0.39, 0.29) is 4.90 Å². The lowest BCUT2D eigenvalue weighted by molar-refractivity contribution is 0.319. The quantitative estimate of drug-likeness (QED) is 0.499. The van der Waals surface area contributed by atoms with Gasteiger partial charge < -0.3 is 18.9 Å². The van der Waals surface area contributed by atoms with Crippen LogP contribution in [-0.4, -0.2) is 66.7 Å². The average molecular weight is 472 g/mol. The zero-order chi connectivity index (χ0) is 23.4. The molecule has 1 aromatic carbocycles. The minimum absolute atomic E-state index is 0.136. The van der Waals surface area contributed by atoms with Crippen molar-refractivity contribution in [3.63, 3.8) is 0 Å². The molecule has 33 heavy (non-hydrogen) atoms. The van der Waals surface area contributed by atoms with Crippen LogP contribution < -0.4 is 14.4 Å². The number of nitrogens with zero attached hydrogens (tertiary/aromatic N) is 5. The van der Waals surface area contributed by atoms with Gasteiger partial charge in [-0.1, -0.05) is 0 Å². The fourth-order valence-corrected chi connectivity index (χ4v) is 5.40. The lowest BCUT2D eigenvalue weighted by atomic mass is 10.3. The Hall–Kier alpha value is -3.11. The summed E-state index contributed by atoms with van der Waals surface area (Å²) in [4.78, 5) is 11.3. The van der Waals surface area contributed by atoms with Gasteiger partial charge in [-0.05, 0) is 45.0 Å². The van der Waals surface area contributed by atoms with Gasteiger partial charge in [0.2, 0.25) is 10.0 Å². The maximum atomic E-state index is 13.5. The number of hydrogen-bond donors (Lipinski definition) is 0. The number of anilines is 1. The summed E-state index contributed by atoms with van der Waals surface area (Å²) < 4.78 is 41.5. The summed E-state index contributed by atoms with van der Waals surface area (Å²) in [7, 11) is -3.75. The van der Waals surface area contributed by atoms with Crippen molar-refractivity contribution in [2.45, 2.75) is 25.7 Å². The summed E-state index contributed by atoms with van der Waals surface area (Å²) in [6.07, 6.45) is 3.87. The van der Waals surface area contributed by atoms with Crippen LogP contribution in [0.5, 0.6) is 11.5 Å². The number of aromatic nitrogens is 3. The number of benzene rings is 1. The maximum Gasteiger partial charge on any atom is 0.247 e. The summed E-state index contributed by atoms with van der Waals surface area (Å²) in [5, 5.41) is 0. The first kappa shape index (κ1) is 23.1. The molecule has 4 rings (SSSR count). The SMILES string of the molecule is CCOc1ccc(OCC)c(S(=O)(=O)N2CCN(c3cc(-n4cccc4)nc(C)n3)CC2)c1. The Kier molecular flexibility index (Phi) is 6.85. The monoisotopic (exact) mass is 471 g/mol. The number of aryl methyl sites for hydroxylation is 1. The first-order valence-electron chi connectivity index (χ1n) is 11.1. The molecule has 0 aliphatic carbocycles. The Morgan fingerprint density at radius 3 is 2.24 bits per heavy atom. The van der Waals surface area contributed by atoms with Gasteiger partial charge in [0.1, 0.15) is 33.9 Å². The van der Waals surface area contributed by atoms with Gasteiger partial charge in [0.15, 0.2) is 0 Å². The Labute approximate surface area is 194 Å². The van der Waals surface area contributed by atoms with E-state index in [9.17, 15) is 8.42 Å². The predicted octanol–water partition coefficient (Wildman–Crippen LogP) is 2.88. The summed E-state index contributed by atoms with van der Waals surface area (Å²) in [5.74, 6) is 3.09. The molecular formula is C23H29N5O4S. The van der Waals surface area contributed by atoms with E-state index in [1.807, 2.05) is 55.9 Å². The second-order valence-corrected chi connectivity index (χ2v) is 9.49. The zero-order valence-corrected chi connectivity index (χ0v) is 20.0. The Morgan fingerprint density at radius 2 is 1.58 bits per heavy atom. The standard InChI is InChI=1S/C23H29N5O4S/c1-4-31-19-8-9-20(32-5-2)21(16-19)33(29,30)28-14-12-27(13-15-28)23-17-22(24-18(3)25-23)26-10-6-7-11-26/h6-11,16-17H,4-5,12-15H2,1-3H3. The molecule has 3 aromatic rings. The number of sulfonamides is 1. The van der Waals surface area contributed by atoms with E-state index in [0.29, 0.717) is 56.7 Å². The highest BCUT2D eigenvalue weighted by Crippen LogP contribution is 2.32. The molecule has 0 N–H and O–H groups in total. The van der Waals surface area contributed by atoms with E-state index in [1.165, 1.54) is 4.31 Å². The Bertz CT molecular complexity index is 1190. The summed E-state index contributed by atoms with van der Waals surface area (Å²) in [5.41, 5.74) is 0. The van der Waals surface area contributed by atoms with Crippen molar-refractivity contribution in [1.82, 2.24) is 18.8 Å². The smallest absolute Gasteiger partial charge is 0.247 e. The molecule has 0 amide bonds. The van der Waals surface area contributed by atoms with Gasteiger partial charge >= 0.3 is 0 Å². The largest absolute Gasteiger partial charge is 0.494 e. The van der Waals surface area contributed by atoms with Crippen molar-refractivity contribution < 1.29 is 17.9 Å². The molecule has 1 aliphatic rings. The van der Waals surface area contributed by atoms with Gasteiger partial charge in [-0.3, -0.25) is 0 Å². The van der Waals surface area contributed by atoms with Gasteiger partial charge in [-0.2, -0.15) is 4.31 Å². The van der Waals surface area contributed by atoms with E-state index in [4.69, 9.17) is 9.47 Å². The lowest BCUT2D eigenvalue weighted by Gasteiger charge is -2.35. The molecule has 1 fully saturated rings. The molecule has 0 bridgehead atoms. The third-order valence-corrected chi connectivity index (χ3v) is 7.31. The van der Waals surface area contributed by atoms with Gasteiger partial charge in [0.05, 0.1) is 13.2 Å². The molecule has 3 heterocycles. The lowest BCUT2D eigenvalue weighted by Crippen LogP contribution is -2.49. The molecule has 0 unspecified atom stereocenters. The Balaban J connectivity index is 1.54. The maximum absolute atomic E-state index is 13.5. The molecule has 0 atom stereocenters. The Morgan fingerprint density at radius 1 is 0.909 bits per heavy atom. The van der Waals surface area contributed by atoms with E-state index < -0.39 is 10.0 Å². The third-order valence-electron chi connectivity index (χ3n) is 5.39. The molecule has 0 saturated carbocycles. The number of ether oxygens (including phenoxy) is 2. The van der Waals surface area contributed by atoms with Crippen LogP contribution in [0.4, 0.5) is 5.82 Å². The van der Waals surface area contributed by atoms with Crippen molar-refractivity contribution in [3.05, 3.63) is 54.6 Å². The second kappa shape index (κ2) is 9.80. The van der Waals surface area contributed by atoms with Gasteiger partial charge in [-0.15, -0.1) is 0 Å². The van der Waals surface area contributed by atoms with Crippen molar-refractivity contribution in [2.75, 3.05) is 44.3 Å². The van der Waals surface area contributed by atoms with Crippen LogP contribution in [0.1, 0.15) is 19.7 Å². The van der Waals surface area contributed by atoms with Crippen LogP contribution in [-0.2, 0) is 10.0 Å². The van der Waals surface area contributed by atoms with Crippen molar-refractivity contribution in [1.29, 1.82) is 0 Å². The predicted molar refractivity (Wildman–Crippen MR) is 126 cm³/mol. The average Bonchev–Trinajstić information content (AvgIpc) is 3.35. The minimum atomic E-state index is -3.75. The van der Waals surface area contributed by atoms with Gasteiger partial charge in [0.25, 0.3) is 0 Å².